The Morgan fingerprint density at radius 1 is 1.32 bits per heavy atom. The lowest BCUT2D eigenvalue weighted by Gasteiger charge is -2.29. The Kier molecular flexibility index (Phi) is 3.41. The van der Waals surface area contributed by atoms with Gasteiger partial charge in [-0.3, -0.25) is 0 Å². The lowest BCUT2D eigenvalue weighted by molar-refractivity contribution is -0.136. The van der Waals surface area contributed by atoms with Crippen LogP contribution in [-0.2, 0) is 6.18 Å². The van der Waals surface area contributed by atoms with Crippen LogP contribution in [0, 0.1) is 5.41 Å². The third-order valence-electron chi connectivity index (χ3n) is 3.96. The molecule has 1 aromatic carbocycles. The first-order chi connectivity index (χ1) is 8.70. The molecule has 0 amide bonds. The smallest absolute Gasteiger partial charge is 0.398 e. The molecule has 0 radical (unpaired) electrons. The highest BCUT2D eigenvalue weighted by Gasteiger charge is 2.36. The molecule has 0 saturated heterocycles. The number of rotatable bonds is 2. The number of nitrogens with one attached hydrogen (secondary N) is 1. The SMILES string of the molecule is CC1(C)CCCC1Nc1ccc(N)c(C(F)(F)F)c1. The molecule has 1 aromatic rings. The Morgan fingerprint density at radius 2 is 2.00 bits per heavy atom. The van der Waals surface area contributed by atoms with E-state index in [9.17, 15) is 13.2 Å². The van der Waals surface area contributed by atoms with Crippen LogP contribution >= 0.6 is 0 Å². The number of hydrogen-bond acceptors (Lipinski definition) is 2. The number of nitrogen functional groups attached to an aromatic ring is 1. The van der Waals surface area contributed by atoms with E-state index in [1.807, 2.05) is 0 Å². The highest BCUT2D eigenvalue weighted by Crippen LogP contribution is 2.40. The van der Waals surface area contributed by atoms with Gasteiger partial charge < -0.3 is 11.1 Å². The van der Waals surface area contributed by atoms with Gasteiger partial charge in [-0.25, -0.2) is 0 Å². The molecule has 0 spiro atoms. The van der Waals surface area contributed by atoms with Crippen molar-refractivity contribution in [2.24, 2.45) is 5.41 Å². The monoisotopic (exact) mass is 272 g/mol. The van der Waals surface area contributed by atoms with Crippen LogP contribution in [0.1, 0.15) is 38.7 Å². The van der Waals surface area contributed by atoms with E-state index in [-0.39, 0.29) is 17.1 Å². The molecule has 1 aliphatic rings. The summed E-state index contributed by atoms with van der Waals surface area (Å²) in [6.07, 6.45) is -1.23. The summed E-state index contributed by atoms with van der Waals surface area (Å²) in [6, 6.07) is 4.23. The lowest BCUT2D eigenvalue weighted by Crippen LogP contribution is -2.30. The van der Waals surface area contributed by atoms with Gasteiger partial charge in [0.15, 0.2) is 0 Å². The first kappa shape index (κ1) is 14.0. The second-order valence-corrected chi connectivity index (χ2v) is 5.88. The molecule has 1 atom stereocenters. The Morgan fingerprint density at radius 3 is 2.53 bits per heavy atom. The van der Waals surface area contributed by atoms with E-state index in [1.165, 1.54) is 6.07 Å². The van der Waals surface area contributed by atoms with Crippen molar-refractivity contribution in [2.75, 3.05) is 11.1 Å². The summed E-state index contributed by atoms with van der Waals surface area (Å²) in [5.41, 5.74) is 4.98. The van der Waals surface area contributed by atoms with Crippen LogP contribution in [0.25, 0.3) is 0 Å². The van der Waals surface area contributed by atoms with Gasteiger partial charge in [0.2, 0.25) is 0 Å². The van der Waals surface area contributed by atoms with Crippen LogP contribution in [0.4, 0.5) is 24.5 Å². The van der Waals surface area contributed by atoms with E-state index in [1.54, 1.807) is 6.07 Å². The number of hydrogen-bond donors (Lipinski definition) is 2. The molecule has 2 rings (SSSR count). The molecule has 106 valence electrons. The predicted octanol–water partition coefficient (Wildman–Crippen LogP) is 4.28. The van der Waals surface area contributed by atoms with Crippen molar-refractivity contribution in [2.45, 2.75) is 45.3 Å². The molecular formula is C14H19F3N2. The third-order valence-corrected chi connectivity index (χ3v) is 3.96. The van der Waals surface area contributed by atoms with Crippen molar-refractivity contribution in [1.82, 2.24) is 0 Å². The van der Waals surface area contributed by atoms with Crippen molar-refractivity contribution < 1.29 is 13.2 Å². The molecule has 0 aromatic heterocycles. The van der Waals surface area contributed by atoms with Gasteiger partial charge in [-0.05, 0) is 36.5 Å². The minimum atomic E-state index is -4.41. The van der Waals surface area contributed by atoms with Crippen molar-refractivity contribution in [1.29, 1.82) is 0 Å². The van der Waals surface area contributed by atoms with Gasteiger partial charge in [-0.15, -0.1) is 0 Å². The van der Waals surface area contributed by atoms with Gasteiger partial charge >= 0.3 is 6.18 Å². The summed E-state index contributed by atoms with van der Waals surface area (Å²) in [7, 11) is 0. The number of halogens is 3. The molecule has 1 aliphatic carbocycles. The minimum absolute atomic E-state index is 0.111. The zero-order valence-electron chi connectivity index (χ0n) is 11.1. The standard InChI is InChI=1S/C14H19F3N2/c1-13(2)7-3-4-12(13)19-9-5-6-11(18)10(8-9)14(15,16)17/h5-6,8,12,19H,3-4,7,18H2,1-2H3. The Hall–Kier alpha value is -1.39. The van der Waals surface area contributed by atoms with Gasteiger partial charge in [0.25, 0.3) is 0 Å². The maximum Gasteiger partial charge on any atom is 0.418 e. The number of benzene rings is 1. The normalized spacial score (nSPS) is 22.5. The van der Waals surface area contributed by atoms with Gasteiger partial charge in [-0.1, -0.05) is 20.3 Å². The van der Waals surface area contributed by atoms with Crippen molar-refractivity contribution >= 4 is 11.4 Å². The fourth-order valence-corrected chi connectivity index (χ4v) is 2.69. The molecule has 5 heteroatoms. The summed E-state index contributed by atoms with van der Waals surface area (Å²) in [6.45, 7) is 4.28. The number of nitrogens with two attached hydrogens (primary N) is 1. The Bertz CT molecular complexity index is 466. The topological polar surface area (TPSA) is 38.0 Å². The Balaban J connectivity index is 2.23. The summed E-state index contributed by atoms with van der Waals surface area (Å²) >= 11 is 0. The minimum Gasteiger partial charge on any atom is -0.398 e. The number of alkyl halides is 3. The zero-order chi connectivity index (χ0) is 14.3. The van der Waals surface area contributed by atoms with Crippen LogP contribution in [-0.4, -0.2) is 6.04 Å². The van der Waals surface area contributed by atoms with Crippen LogP contribution in [0.2, 0.25) is 0 Å². The summed E-state index contributed by atoms with van der Waals surface area (Å²) in [5, 5.41) is 3.22. The number of anilines is 2. The van der Waals surface area contributed by atoms with Crippen molar-refractivity contribution in [3.8, 4) is 0 Å². The zero-order valence-corrected chi connectivity index (χ0v) is 11.1. The highest BCUT2D eigenvalue weighted by molar-refractivity contribution is 5.58. The summed E-state index contributed by atoms with van der Waals surface area (Å²) in [4.78, 5) is 0. The molecule has 0 aliphatic heterocycles. The average Bonchev–Trinajstić information content (AvgIpc) is 2.59. The highest BCUT2D eigenvalue weighted by atomic mass is 19.4. The van der Waals surface area contributed by atoms with E-state index in [4.69, 9.17) is 5.73 Å². The predicted molar refractivity (Wildman–Crippen MR) is 70.9 cm³/mol. The molecule has 0 bridgehead atoms. The van der Waals surface area contributed by atoms with Gasteiger partial charge in [0.05, 0.1) is 5.56 Å². The van der Waals surface area contributed by atoms with E-state index >= 15 is 0 Å². The fourth-order valence-electron chi connectivity index (χ4n) is 2.69. The van der Waals surface area contributed by atoms with Crippen LogP contribution in [0.3, 0.4) is 0 Å². The maximum absolute atomic E-state index is 12.8. The molecule has 1 unspecified atom stereocenters. The van der Waals surface area contributed by atoms with Crippen LogP contribution in [0.5, 0.6) is 0 Å². The first-order valence-electron chi connectivity index (χ1n) is 6.43. The van der Waals surface area contributed by atoms with Crippen molar-refractivity contribution in [3.63, 3.8) is 0 Å². The molecule has 19 heavy (non-hydrogen) atoms. The molecular weight excluding hydrogens is 253 g/mol. The largest absolute Gasteiger partial charge is 0.418 e. The lowest BCUT2D eigenvalue weighted by atomic mass is 9.87. The summed E-state index contributed by atoms with van der Waals surface area (Å²) < 4.78 is 38.4. The molecule has 2 nitrogen and oxygen atoms in total. The van der Waals surface area contributed by atoms with E-state index in [0.717, 1.165) is 25.3 Å². The maximum atomic E-state index is 12.8. The van der Waals surface area contributed by atoms with Gasteiger partial charge in [0.1, 0.15) is 0 Å². The van der Waals surface area contributed by atoms with Crippen molar-refractivity contribution in [3.05, 3.63) is 23.8 Å². The van der Waals surface area contributed by atoms with Gasteiger partial charge in [0, 0.05) is 17.4 Å². The molecule has 0 heterocycles. The van der Waals surface area contributed by atoms with E-state index in [0.29, 0.717) is 5.69 Å². The van der Waals surface area contributed by atoms with Crippen LogP contribution in [0.15, 0.2) is 18.2 Å². The van der Waals surface area contributed by atoms with Gasteiger partial charge in [-0.2, -0.15) is 13.2 Å². The molecule has 3 N–H and O–H groups in total. The quantitative estimate of drug-likeness (QED) is 0.789. The Labute approximate surface area is 111 Å². The third kappa shape index (κ3) is 2.96. The summed E-state index contributed by atoms with van der Waals surface area (Å²) in [5.74, 6) is 0. The van der Waals surface area contributed by atoms with Crippen LogP contribution < -0.4 is 11.1 Å². The molecule has 1 saturated carbocycles. The average molecular weight is 272 g/mol. The van der Waals surface area contributed by atoms with E-state index in [2.05, 4.69) is 19.2 Å². The fraction of sp³-hybridized carbons (Fsp3) is 0.571. The first-order valence-corrected chi connectivity index (χ1v) is 6.43. The second kappa shape index (κ2) is 4.62. The van der Waals surface area contributed by atoms with E-state index < -0.39 is 11.7 Å². The second-order valence-electron chi connectivity index (χ2n) is 5.88. The molecule has 1 fully saturated rings.